The van der Waals surface area contributed by atoms with E-state index < -0.39 is 0 Å². The molecule has 2 heterocycles. The molecule has 0 N–H and O–H groups in total. The quantitative estimate of drug-likeness (QED) is 0.576. The van der Waals surface area contributed by atoms with Gasteiger partial charge in [-0.15, -0.1) is 17.5 Å². The van der Waals surface area contributed by atoms with E-state index in [0.717, 1.165) is 49.9 Å². The molecule has 160 valence electrons. The van der Waals surface area contributed by atoms with Gasteiger partial charge in [0, 0.05) is 26.2 Å². The summed E-state index contributed by atoms with van der Waals surface area (Å²) in [5, 5.41) is 12.8. The second kappa shape index (κ2) is 10.5. The normalized spacial score (nSPS) is 16.1. The largest absolute Gasteiger partial charge is 0.497 e. The maximum atomic E-state index is 5.26. The molecule has 1 aliphatic rings. The van der Waals surface area contributed by atoms with Crippen LogP contribution in [0.4, 0.5) is 0 Å². The maximum absolute atomic E-state index is 5.26. The van der Waals surface area contributed by atoms with Crippen LogP contribution in [0.15, 0.2) is 54.6 Å². The van der Waals surface area contributed by atoms with Crippen LogP contribution in [0.5, 0.6) is 5.75 Å². The molecular weight excluding hydrogens is 400 g/mol. The SMILES string of the molecule is CCN1CCN(C(c2ccccc2)c2nnnn2Cc2ccc(OC)cc2)CC1.Cl. The first-order valence-corrected chi connectivity index (χ1v) is 10.2. The van der Waals surface area contributed by atoms with Crippen LogP contribution in [0.25, 0.3) is 0 Å². The lowest BCUT2D eigenvalue weighted by Gasteiger charge is -2.38. The van der Waals surface area contributed by atoms with Crippen molar-refractivity contribution in [2.24, 2.45) is 0 Å². The van der Waals surface area contributed by atoms with Crippen LogP contribution in [-0.2, 0) is 6.54 Å². The molecule has 8 heteroatoms. The monoisotopic (exact) mass is 428 g/mol. The third-order valence-corrected chi connectivity index (χ3v) is 5.63. The molecule has 1 unspecified atom stereocenters. The van der Waals surface area contributed by atoms with Crippen molar-refractivity contribution in [1.29, 1.82) is 0 Å². The van der Waals surface area contributed by atoms with Gasteiger partial charge in [-0.2, -0.15) is 0 Å². The number of ether oxygens (including phenoxy) is 1. The van der Waals surface area contributed by atoms with Crippen molar-refractivity contribution in [3.63, 3.8) is 0 Å². The van der Waals surface area contributed by atoms with Crippen molar-refractivity contribution in [3.8, 4) is 5.75 Å². The van der Waals surface area contributed by atoms with Gasteiger partial charge in [-0.05, 0) is 40.2 Å². The number of benzene rings is 2. The van der Waals surface area contributed by atoms with Crippen molar-refractivity contribution in [2.45, 2.75) is 19.5 Å². The Morgan fingerprint density at radius 1 is 0.967 bits per heavy atom. The molecule has 0 bridgehead atoms. The summed E-state index contributed by atoms with van der Waals surface area (Å²) in [7, 11) is 1.68. The minimum atomic E-state index is 0. The van der Waals surface area contributed by atoms with Gasteiger partial charge in [0.15, 0.2) is 5.82 Å². The zero-order valence-corrected chi connectivity index (χ0v) is 18.3. The first kappa shape index (κ1) is 22.2. The van der Waals surface area contributed by atoms with E-state index in [0.29, 0.717) is 6.54 Å². The van der Waals surface area contributed by atoms with Crippen LogP contribution in [-0.4, -0.2) is 69.8 Å². The van der Waals surface area contributed by atoms with Gasteiger partial charge in [0.2, 0.25) is 0 Å². The van der Waals surface area contributed by atoms with E-state index in [-0.39, 0.29) is 18.4 Å². The van der Waals surface area contributed by atoms with Crippen LogP contribution >= 0.6 is 12.4 Å². The predicted octanol–water partition coefficient (Wildman–Crippen LogP) is 2.88. The highest BCUT2D eigenvalue weighted by Crippen LogP contribution is 2.28. The number of hydrogen-bond donors (Lipinski definition) is 0. The minimum absolute atomic E-state index is 0. The van der Waals surface area contributed by atoms with Crippen LogP contribution < -0.4 is 4.74 Å². The van der Waals surface area contributed by atoms with Gasteiger partial charge in [0.25, 0.3) is 0 Å². The molecule has 0 radical (unpaired) electrons. The van der Waals surface area contributed by atoms with Gasteiger partial charge < -0.3 is 9.64 Å². The number of piperazine rings is 1. The molecule has 1 fully saturated rings. The Bertz CT molecular complexity index is 894. The number of aromatic nitrogens is 4. The Hall–Kier alpha value is -2.48. The second-order valence-corrected chi connectivity index (χ2v) is 7.33. The lowest BCUT2D eigenvalue weighted by molar-refractivity contribution is 0.108. The van der Waals surface area contributed by atoms with Crippen LogP contribution in [0, 0.1) is 0 Å². The van der Waals surface area contributed by atoms with Gasteiger partial charge in [-0.1, -0.05) is 49.4 Å². The molecule has 0 amide bonds. The molecule has 0 saturated carbocycles. The summed E-state index contributed by atoms with van der Waals surface area (Å²) < 4.78 is 7.19. The number of tetrazole rings is 1. The highest BCUT2D eigenvalue weighted by Gasteiger charge is 2.30. The molecule has 1 aromatic heterocycles. The van der Waals surface area contributed by atoms with E-state index in [9.17, 15) is 0 Å². The van der Waals surface area contributed by atoms with Crippen molar-refractivity contribution in [2.75, 3.05) is 39.8 Å². The summed E-state index contributed by atoms with van der Waals surface area (Å²) in [4.78, 5) is 4.98. The molecule has 7 nitrogen and oxygen atoms in total. The van der Waals surface area contributed by atoms with E-state index in [1.165, 1.54) is 5.56 Å². The van der Waals surface area contributed by atoms with E-state index in [4.69, 9.17) is 4.74 Å². The van der Waals surface area contributed by atoms with Gasteiger partial charge in [0.1, 0.15) is 5.75 Å². The topological polar surface area (TPSA) is 59.3 Å². The summed E-state index contributed by atoms with van der Waals surface area (Å²) >= 11 is 0. The van der Waals surface area contributed by atoms with Crippen molar-refractivity contribution < 1.29 is 4.74 Å². The predicted molar refractivity (Wildman–Crippen MR) is 119 cm³/mol. The summed E-state index contributed by atoms with van der Waals surface area (Å²) in [5.41, 5.74) is 2.37. The van der Waals surface area contributed by atoms with Crippen LogP contribution in [0.1, 0.15) is 29.9 Å². The number of likely N-dealkylation sites (N-methyl/N-ethyl adjacent to an activating group) is 1. The number of hydrogen-bond acceptors (Lipinski definition) is 6. The molecule has 0 spiro atoms. The fourth-order valence-corrected chi connectivity index (χ4v) is 3.92. The number of rotatable bonds is 7. The first-order valence-electron chi connectivity index (χ1n) is 10.2. The van der Waals surface area contributed by atoms with Gasteiger partial charge >= 0.3 is 0 Å². The average molecular weight is 429 g/mol. The number of methoxy groups -OCH3 is 1. The Balaban J connectivity index is 0.00000256. The highest BCUT2D eigenvalue weighted by atomic mass is 35.5. The van der Waals surface area contributed by atoms with Crippen molar-refractivity contribution >= 4 is 12.4 Å². The Morgan fingerprint density at radius 2 is 1.67 bits per heavy atom. The Kier molecular flexibility index (Phi) is 7.79. The van der Waals surface area contributed by atoms with E-state index in [2.05, 4.69) is 74.7 Å². The number of nitrogens with zero attached hydrogens (tertiary/aromatic N) is 6. The number of halogens is 1. The molecule has 0 aliphatic carbocycles. The Labute approximate surface area is 184 Å². The molecule has 4 rings (SSSR count). The Morgan fingerprint density at radius 3 is 2.30 bits per heavy atom. The standard InChI is InChI=1S/C22H28N6O.ClH/c1-3-26-13-15-27(16-14-26)21(19-7-5-4-6-8-19)22-23-24-25-28(22)17-18-9-11-20(29-2)12-10-18;/h4-12,21H,3,13-17H2,1-2H3;1H. The summed E-state index contributed by atoms with van der Waals surface area (Å²) in [5.74, 6) is 1.73. The van der Waals surface area contributed by atoms with Crippen LogP contribution in [0.2, 0.25) is 0 Å². The molecule has 2 aromatic carbocycles. The molecule has 1 atom stereocenters. The third-order valence-electron chi connectivity index (χ3n) is 5.63. The smallest absolute Gasteiger partial charge is 0.173 e. The van der Waals surface area contributed by atoms with E-state index >= 15 is 0 Å². The lowest BCUT2D eigenvalue weighted by atomic mass is 10.0. The second-order valence-electron chi connectivity index (χ2n) is 7.33. The van der Waals surface area contributed by atoms with Crippen molar-refractivity contribution in [3.05, 3.63) is 71.5 Å². The molecule has 1 aliphatic heterocycles. The van der Waals surface area contributed by atoms with E-state index in [1.807, 2.05) is 16.8 Å². The summed E-state index contributed by atoms with van der Waals surface area (Å²) in [6, 6.07) is 18.7. The van der Waals surface area contributed by atoms with Gasteiger partial charge in [-0.25, -0.2) is 4.68 Å². The summed E-state index contributed by atoms with van der Waals surface area (Å²) in [6.45, 7) is 8.09. The van der Waals surface area contributed by atoms with Crippen LogP contribution in [0.3, 0.4) is 0 Å². The zero-order chi connectivity index (χ0) is 20.1. The van der Waals surface area contributed by atoms with Gasteiger partial charge in [0.05, 0.1) is 19.7 Å². The third kappa shape index (κ3) is 4.98. The first-order chi connectivity index (χ1) is 14.3. The molecule has 30 heavy (non-hydrogen) atoms. The van der Waals surface area contributed by atoms with E-state index in [1.54, 1.807) is 7.11 Å². The lowest BCUT2D eigenvalue weighted by Crippen LogP contribution is -2.48. The molecule has 3 aromatic rings. The zero-order valence-electron chi connectivity index (χ0n) is 17.5. The molecular formula is C22H29ClN6O. The van der Waals surface area contributed by atoms with Crippen molar-refractivity contribution in [1.82, 2.24) is 30.0 Å². The maximum Gasteiger partial charge on any atom is 0.173 e. The fourth-order valence-electron chi connectivity index (χ4n) is 3.92. The summed E-state index contributed by atoms with van der Waals surface area (Å²) in [6.07, 6.45) is 0. The molecule has 1 saturated heterocycles. The van der Waals surface area contributed by atoms with Gasteiger partial charge in [-0.3, -0.25) is 4.90 Å². The highest BCUT2D eigenvalue weighted by molar-refractivity contribution is 5.85. The minimum Gasteiger partial charge on any atom is -0.497 e. The fraction of sp³-hybridized carbons (Fsp3) is 0.409. The average Bonchev–Trinajstić information content (AvgIpc) is 3.23.